The Kier molecular flexibility index (Phi) is 5.67. The van der Waals surface area contributed by atoms with Gasteiger partial charge in [-0.1, -0.05) is 133 Å². The molecule has 53 heavy (non-hydrogen) atoms. The van der Waals surface area contributed by atoms with Gasteiger partial charge >= 0.3 is 0 Å². The molecular weight excluding hydrogens is 649 g/mol. The van der Waals surface area contributed by atoms with Gasteiger partial charge in [0.15, 0.2) is 11.5 Å². The summed E-state index contributed by atoms with van der Waals surface area (Å²) in [4.78, 5) is 0. The summed E-state index contributed by atoms with van der Waals surface area (Å²) in [6.45, 7) is 0. The van der Waals surface area contributed by atoms with Crippen LogP contribution in [0.3, 0.4) is 0 Å². The number of fused-ring (bicyclic) bond motifs is 14. The molecule has 0 unspecified atom stereocenters. The lowest BCUT2D eigenvalue weighted by atomic mass is 9.62. The molecule has 0 saturated carbocycles. The highest BCUT2D eigenvalue weighted by Crippen LogP contribution is 2.63. The monoisotopic (exact) mass is 678 g/mol. The van der Waals surface area contributed by atoms with E-state index in [2.05, 4.69) is 191 Å². The van der Waals surface area contributed by atoms with Gasteiger partial charge in [-0.2, -0.15) is 0 Å². The molecule has 0 amide bonds. The SMILES string of the molecule is c1ccc2c(c1)Oc1c(-n3c4ccccc4c4ccccc43)cccc1C21c2ccccc2Oc2c(-n3c4ccccc4c4ccccc43)cccc21. The van der Waals surface area contributed by atoms with Crippen molar-refractivity contribution in [2.24, 2.45) is 0 Å². The van der Waals surface area contributed by atoms with Gasteiger partial charge in [-0.15, -0.1) is 0 Å². The van der Waals surface area contributed by atoms with E-state index in [4.69, 9.17) is 9.47 Å². The minimum Gasteiger partial charge on any atom is -0.454 e. The predicted molar refractivity (Wildman–Crippen MR) is 214 cm³/mol. The molecule has 4 heterocycles. The van der Waals surface area contributed by atoms with Gasteiger partial charge in [0.2, 0.25) is 0 Å². The Morgan fingerprint density at radius 1 is 0.302 bits per heavy atom. The van der Waals surface area contributed by atoms with Crippen LogP contribution in [-0.2, 0) is 5.41 Å². The standard InChI is InChI=1S/C49H30N2O2/c1-7-23-39-31(15-1)32-16-2-8-24-40(32)50(39)43-27-13-21-37-47(43)52-45-29-11-5-19-35(45)49(37)36-20-6-12-30-46(36)53-48-38(49)22-14-28-44(48)51-41-25-9-3-17-33(41)34-18-4-10-26-42(34)51/h1-30H. The highest BCUT2D eigenvalue weighted by Gasteiger charge is 2.51. The first-order chi connectivity index (χ1) is 26.3. The number of ether oxygens (including phenoxy) is 2. The van der Waals surface area contributed by atoms with Crippen LogP contribution in [0.25, 0.3) is 55.0 Å². The van der Waals surface area contributed by atoms with Gasteiger partial charge in [0.1, 0.15) is 11.5 Å². The Morgan fingerprint density at radius 2 is 0.623 bits per heavy atom. The van der Waals surface area contributed by atoms with Crippen LogP contribution in [0.15, 0.2) is 182 Å². The lowest BCUT2D eigenvalue weighted by Gasteiger charge is -2.45. The number of para-hydroxylation sites is 8. The number of hydrogen-bond acceptors (Lipinski definition) is 2. The molecule has 0 radical (unpaired) electrons. The summed E-state index contributed by atoms with van der Waals surface area (Å²) in [6, 6.07) is 64.9. The third-order valence-corrected chi connectivity index (χ3v) is 11.4. The fourth-order valence-electron chi connectivity index (χ4n) is 9.39. The summed E-state index contributed by atoms with van der Waals surface area (Å²) >= 11 is 0. The molecule has 2 aliphatic heterocycles. The summed E-state index contributed by atoms with van der Waals surface area (Å²) in [7, 11) is 0. The van der Waals surface area contributed by atoms with Gasteiger partial charge in [0.05, 0.1) is 38.9 Å². The molecule has 0 aliphatic carbocycles. The van der Waals surface area contributed by atoms with Crippen LogP contribution < -0.4 is 9.47 Å². The fourth-order valence-corrected chi connectivity index (χ4v) is 9.39. The summed E-state index contributed by atoms with van der Waals surface area (Å²) < 4.78 is 19.0. The van der Waals surface area contributed by atoms with Crippen LogP contribution in [0.4, 0.5) is 0 Å². The first-order valence-corrected chi connectivity index (χ1v) is 18.1. The molecule has 8 aromatic carbocycles. The largest absolute Gasteiger partial charge is 0.454 e. The van der Waals surface area contributed by atoms with E-state index in [1.54, 1.807) is 0 Å². The third-order valence-electron chi connectivity index (χ3n) is 11.4. The maximum atomic E-state index is 7.14. The van der Waals surface area contributed by atoms with Crippen LogP contribution in [0, 0.1) is 0 Å². The van der Waals surface area contributed by atoms with E-state index in [9.17, 15) is 0 Å². The second kappa shape index (κ2) is 10.5. The predicted octanol–water partition coefficient (Wildman–Crippen LogP) is 12.5. The fraction of sp³-hybridized carbons (Fsp3) is 0.0204. The number of hydrogen-bond donors (Lipinski definition) is 0. The van der Waals surface area contributed by atoms with Crippen LogP contribution in [0.5, 0.6) is 23.0 Å². The Balaban J connectivity index is 1.23. The zero-order valence-electron chi connectivity index (χ0n) is 28.5. The van der Waals surface area contributed by atoms with Crippen LogP contribution in [0.1, 0.15) is 22.3 Å². The first-order valence-electron chi connectivity index (χ1n) is 18.1. The number of benzene rings is 8. The molecule has 0 atom stereocenters. The van der Waals surface area contributed by atoms with E-state index in [0.717, 1.165) is 78.7 Å². The Morgan fingerprint density at radius 3 is 1.02 bits per heavy atom. The molecule has 0 saturated heterocycles. The van der Waals surface area contributed by atoms with Crippen molar-refractivity contribution in [2.75, 3.05) is 0 Å². The molecule has 4 heteroatoms. The number of aromatic nitrogens is 2. The smallest absolute Gasteiger partial charge is 0.156 e. The van der Waals surface area contributed by atoms with E-state index in [-0.39, 0.29) is 0 Å². The van der Waals surface area contributed by atoms with Gasteiger partial charge < -0.3 is 18.6 Å². The van der Waals surface area contributed by atoms with Crippen LogP contribution in [0.2, 0.25) is 0 Å². The van der Waals surface area contributed by atoms with Gasteiger partial charge in [-0.25, -0.2) is 0 Å². The normalized spacial score (nSPS) is 13.7. The Bertz CT molecular complexity index is 2830. The molecule has 0 N–H and O–H groups in total. The summed E-state index contributed by atoms with van der Waals surface area (Å²) in [5.74, 6) is 3.33. The van der Waals surface area contributed by atoms with Crippen LogP contribution in [-0.4, -0.2) is 9.13 Å². The second-order valence-electron chi connectivity index (χ2n) is 14.0. The van der Waals surface area contributed by atoms with Gasteiger partial charge in [-0.05, 0) is 48.5 Å². The van der Waals surface area contributed by atoms with Crippen molar-refractivity contribution in [3.8, 4) is 34.4 Å². The summed E-state index contributed by atoms with van der Waals surface area (Å²) in [5, 5.41) is 4.85. The van der Waals surface area contributed by atoms with Crippen molar-refractivity contribution in [1.29, 1.82) is 0 Å². The van der Waals surface area contributed by atoms with Gasteiger partial charge in [0, 0.05) is 43.8 Å². The Labute approximate surface area is 305 Å². The average molecular weight is 679 g/mol. The second-order valence-corrected chi connectivity index (χ2v) is 14.0. The highest BCUT2D eigenvalue weighted by molar-refractivity contribution is 6.10. The van der Waals surface area contributed by atoms with E-state index >= 15 is 0 Å². The van der Waals surface area contributed by atoms with Crippen molar-refractivity contribution < 1.29 is 9.47 Å². The van der Waals surface area contributed by atoms with Crippen molar-refractivity contribution in [1.82, 2.24) is 9.13 Å². The molecular formula is C49H30N2O2. The highest BCUT2D eigenvalue weighted by atomic mass is 16.5. The lowest BCUT2D eigenvalue weighted by Crippen LogP contribution is -2.37. The van der Waals surface area contributed by atoms with E-state index in [1.807, 2.05) is 0 Å². The summed E-state index contributed by atoms with van der Waals surface area (Å²) in [5.41, 5.74) is 10.1. The van der Waals surface area contributed by atoms with Crippen LogP contribution >= 0.6 is 0 Å². The lowest BCUT2D eigenvalue weighted by molar-refractivity contribution is 0.398. The van der Waals surface area contributed by atoms with Crippen molar-refractivity contribution in [2.45, 2.75) is 5.41 Å². The number of rotatable bonds is 2. The maximum Gasteiger partial charge on any atom is 0.156 e. The quantitative estimate of drug-likeness (QED) is 0.182. The van der Waals surface area contributed by atoms with E-state index in [1.165, 1.54) is 21.5 Å². The Hall–Kier alpha value is -7.04. The third kappa shape index (κ3) is 3.64. The topological polar surface area (TPSA) is 28.3 Å². The van der Waals surface area contributed by atoms with Crippen molar-refractivity contribution in [3.63, 3.8) is 0 Å². The average Bonchev–Trinajstić information content (AvgIpc) is 3.73. The molecule has 0 bridgehead atoms. The van der Waals surface area contributed by atoms with E-state index < -0.39 is 5.41 Å². The molecule has 10 aromatic rings. The molecule has 2 aromatic heterocycles. The van der Waals surface area contributed by atoms with Gasteiger partial charge in [0.25, 0.3) is 0 Å². The zero-order chi connectivity index (χ0) is 34.7. The molecule has 12 rings (SSSR count). The maximum absolute atomic E-state index is 7.14. The molecule has 4 nitrogen and oxygen atoms in total. The minimum absolute atomic E-state index is 0.752. The molecule has 1 spiro atoms. The van der Waals surface area contributed by atoms with Crippen molar-refractivity contribution in [3.05, 3.63) is 204 Å². The summed E-state index contributed by atoms with van der Waals surface area (Å²) in [6.07, 6.45) is 0. The zero-order valence-corrected chi connectivity index (χ0v) is 28.5. The molecule has 0 fully saturated rings. The first kappa shape index (κ1) is 28.6. The minimum atomic E-state index is -0.752. The van der Waals surface area contributed by atoms with Gasteiger partial charge in [-0.3, -0.25) is 0 Å². The van der Waals surface area contributed by atoms with E-state index in [0.29, 0.717) is 0 Å². The number of nitrogens with zero attached hydrogens (tertiary/aromatic N) is 2. The van der Waals surface area contributed by atoms with Crippen molar-refractivity contribution >= 4 is 43.6 Å². The molecule has 248 valence electrons. The molecule has 2 aliphatic rings.